The first-order valence-corrected chi connectivity index (χ1v) is 7.11. The Balaban J connectivity index is 1.72. The van der Waals surface area contributed by atoms with Gasteiger partial charge in [-0.2, -0.15) is 0 Å². The second kappa shape index (κ2) is 6.19. The topological polar surface area (TPSA) is 72.9 Å². The quantitative estimate of drug-likeness (QED) is 0.778. The van der Waals surface area contributed by atoms with E-state index in [2.05, 4.69) is 24.1 Å². The van der Waals surface area contributed by atoms with E-state index in [9.17, 15) is 4.79 Å². The molecule has 1 amide bonds. The summed E-state index contributed by atoms with van der Waals surface area (Å²) in [6.45, 7) is 5.49. The molecule has 1 fully saturated rings. The molecule has 1 atom stereocenters. The van der Waals surface area contributed by atoms with Crippen molar-refractivity contribution in [2.75, 3.05) is 6.54 Å². The van der Waals surface area contributed by atoms with Crippen LogP contribution in [0.15, 0.2) is 12.4 Å². The number of aryl methyl sites for hydroxylation is 1. The van der Waals surface area contributed by atoms with Crippen LogP contribution in [0, 0.1) is 5.92 Å². The summed E-state index contributed by atoms with van der Waals surface area (Å²) in [7, 11) is 0. The van der Waals surface area contributed by atoms with E-state index >= 15 is 0 Å². The van der Waals surface area contributed by atoms with E-state index in [0.29, 0.717) is 31.3 Å². The van der Waals surface area contributed by atoms with E-state index in [1.165, 1.54) is 12.8 Å². The Morgan fingerprint density at radius 3 is 2.95 bits per heavy atom. The van der Waals surface area contributed by atoms with E-state index in [1.807, 2.05) is 10.8 Å². The average molecular weight is 264 g/mol. The van der Waals surface area contributed by atoms with Gasteiger partial charge in [0.15, 0.2) is 0 Å². The van der Waals surface area contributed by atoms with Gasteiger partial charge in [-0.05, 0) is 18.8 Å². The van der Waals surface area contributed by atoms with E-state index < -0.39 is 0 Å². The highest BCUT2D eigenvalue weighted by Gasteiger charge is 2.28. The Morgan fingerprint density at radius 1 is 1.58 bits per heavy atom. The molecule has 5 nitrogen and oxygen atoms in total. The normalized spacial score (nSPS) is 16.6. The van der Waals surface area contributed by atoms with Crippen molar-refractivity contribution in [1.82, 2.24) is 14.9 Å². The fourth-order valence-corrected chi connectivity index (χ4v) is 2.24. The Morgan fingerprint density at radius 2 is 2.32 bits per heavy atom. The SMILES string of the molecule is CC(C)c1nccn1CCC(=O)NCC(N)C1CC1. The summed E-state index contributed by atoms with van der Waals surface area (Å²) in [5.41, 5.74) is 5.95. The molecule has 1 aliphatic rings. The lowest BCUT2D eigenvalue weighted by Crippen LogP contribution is -2.38. The van der Waals surface area contributed by atoms with E-state index in [-0.39, 0.29) is 11.9 Å². The van der Waals surface area contributed by atoms with Crippen LogP contribution in [0.25, 0.3) is 0 Å². The predicted molar refractivity (Wildman–Crippen MR) is 74.6 cm³/mol. The molecular formula is C14H24N4O. The van der Waals surface area contributed by atoms with Crippen molar-refractivity contribution in [2.24, 2.45) is 11.7 Å². The highest BCUT2D eigenvalue weighted by atomic mass is 16.1. The Bertz CT molecular complexity index is 423. The van der Waals surface area contributed by atoms with Gasteiger partial charge in [-0.15, -0.1) is 0 Å². The molecule has 0 aromatic carbocycles. The number of rotatable bonds is 7. The lowest BCUT2D eigenvalue weighted by atomic mass is 10.2. The van der Waals surface area contributed by atoms with Crippen molar-refractivity contribution in [3.05, 3.63) is 18.2 Å². The van der Waals surface area contributed by atoms with Crippen LogP contribution < -0.4 is 11.1 Å². The van der Waals surface area contributed by atoms with Gasteiger partial charge in [-0.3, -0.25) is 4.79 Å². The first-order valence-electron chi connectivity index (χ1n) is 7.11. The Hall–Kier alpha value is -1.36. The van der Waals surface area contributed by atoms with Gasteiger partial charge in [0.05, 0.1) is 0 Å². The average Bonchev–Trinajstić information content (AvgIpc) is 3.11. The van der Waals surface area contributed by atoms with Crippen molar-refractivity contribution >= 4 is 5.91 Å². The molecule has 5 heteroatoms. The van der Waals surface area contributed by atoms with Crippen molar-refractivity contribution in [3.63, 3.8) is 0 Å². The summed E-state index contributed by atoms with van der Waals surface area (Å²) in [6.07, 6.45) is 6.62. The number of amides is 1. The minimum absolute atomic E-state index is 0.0690. The van der Waals surface area contributed by atoms with Crippen LogP contribution in [0.2, 0.25) is 0 Å². The molecule has 0 bridgehead atoms. The molecule has 2 rings (SSSR count). The van der Waals surface area contributed by atoms with Crippen LogP contribution in [0.4, 0.5) is 0 Å². The maximum Gasteiger partial charge on any atom is 0.221 e. The Kier molecular flexibility index (Phi) is 4.58. The molecule has 19 heavy (non-hydrogen) atoms. The maximum atomic E-state index is 11.8. The van der Waals surface area contributed by atoms with E-state index in [4.69, 9.17) is 5.73 Å². The number of nitrogens with one attached hydrogen (secondary N) is 1. The molecule has 1 saturated carbocycles. The van der Waals surface area contributed by atoms with Gasteiger partial charge < -0.3 is 15.6 Å². The van der Waals surface area contributed by atoms with Crippen molar-refractivity contribution in [3.8, 4) is 0 Å². The van der Waals surface area contributed by atoms with Crippen molar-refractivity contribution < 1.29 is 4.79 Å². The Labute approximate surface area is 114 Å². The van der Waals surface area contributed by atoms with Crippen LogP contribution >= 0.6 is 0 Å². The standard InChI is InChI=1S/C14H24N4O/c1-10(2)14-16-6-8-18(14)7-5-13(19)17-9-12(15)11-3-4-11/h6,8,10-12H,3-5,7,9,15H2,1-2H3,(H,17,19). The first-order chi connectivity index (χ1) is 9.08. The zero-order chi connectivity index (χ0) is 13.8. The monoisotopic (exact) mass is 264 g/mol. The maximum absolute atomic E-state index is 11.8. The van der Waals surface area contributed by atoms with E-state index in [0.717, 1.165) is 5.82 Å². The highest BCUT2D eigenvalue weighted by Crippen LogP contribution is 2.31. The number of carbonyl (C=O) groups excluding carboxylic acids is 1. The molecule has 1 heterocycles. The zero-order valence-electron chi connectivity index (χ0n) is 11.8. The number of hydrogen-bond donors (Lipinski definition) is 2. The van der Waals surface area contributed by atoms with Gasteiger partial charge in [0.2, 0.25) is 5.91 Å². The number of nitrogens with two attached hydrogens (primary N) is 1. The van der Waals surface area contributed by atoms with Crippen molar-refractivity contribution in [2.45, 2.75) is 51.6 Å². The molecule has 0 radical (unpaired) electrons. The summed E-state index contributed by atoms with van der Waals surface area (Å²) >= 11 is 0. The number of imidazole rings is 1. The molecule has 1 aromatic heterocycles. The van der Waals surface area contributed by atoms with Gasteiger partial charge in [0.25, 0.3) is 0 Å². The third-order valence-corrected chi connectivity index (χ3v) is 3.61. The molecule has 3 N–H and O–H groups in total. The van der Waals surface area contributed by atoms with Crippen molar-refractivity contribution in [1.29, 1.82) is 0 Å². The van der Waals surface area contributed by atoms with Gasteiger partial charge >= 0.3 is 0 Å². The largest absolute Gasteiger partial charge is 0.354 e. The fraction of sp³-hybridized carbons (Fsp3) is 0.714. The molecule has 1 unspecified atom stereocenters. The van der Waals surface area contributed by atoms with Crippen LogP contribution in [0.3, 0.4) is 0 Å². The second-order valence-electron chi connectivity index (χ2n) is 5.69. The number of nitrogens with zero attached hydrogens (tertiary/aromatic N) is 2. The summed E-state index contributed by atoms with van der Waals surface area (Å²) in [5, 5.41) is 2.92. The fourth-order valence-electron chi connectivity index (χ4n) is 2.24. The zero-order valence-corrected chi connectivity index (χ0v) is 11.8. The number of hydrogen-bond acceptors (Lipinski definition) is 3. The van der Waals surface area contributed by atoms with Gasteiger partial charge in [0.1, 0.15) is 5.82 Å². The van der Waals surface area contributed by atoms with Crippen LogP contribution in [-0.4, -0.2) is 28.0 Å². The number of aromatic nitrogens is 2. The molecule has 0 spiro atoms. The van der Waals surface area contributed by atoms with Gasteiger partial charge in [0, 0.05) is 43.9 Å². The predicted octanol–water partition coefficient (Wildman–Crippen LogP) is 1.25. The number of carbonyl (C=O) groups is 1. The summed E-state index contributed by atoms with van der Waals surface area (Å²) < 4.78 is 2.05. The third-order valence-electron chi connectivity index (χ3n) is 3.61. The van der Waals surface area contributed by atoms with Gasteiger partial charge in [-0.1, -0.05) is 13.8 Å². The molecule has 0 saturated heterocycles. The summed E-state index contributed by atoms with van der Waals surface area (Å²) in [5.74, 6) is 2.10. The van der Waals surface area contributed by atoms with Crippen LogP contribution in [-0.2, 0) is 11.3 Å². The van der Waals surface area contributed by atoms with Gasteiger partial charge in [-0.25, -0.2) is 4.98 Å². The molecule has 0 aliphatic heterocycles. The highest BCUT2D eigenvalue weighted by molar-refractivity contribution is 5.75. The summed E-state index contributed by atoms with van der Waals surface area (Å²) in [6, 6.07) is 0.128. The smallest absolute Gasteiger partial charge is 0.221 e. The lowest BCUT2D eigenvalue weighted by molar-refractivity contribution is -0.121. The minimum atomic E-state index is 0.0690. The molecule has 1 aromatic rings. The molecule has 106 valence electrons. The first kappa shape index (κ1) is 14.1. The molecule has 1 aliphatic carbocycles. The summed E-state index contributed by atoms with van der Waals surface area (Å²) in [4.78, 5) is 16.1. The second-order valence-corrected chi connectivity index (χ2v) is 5.69. The third kappa shape index (κ3) is 4.06. The molecular weight excluding hydrogens is 240 g/mol. The van der Waals surface area contributed by atoms with E-state index in [1.54, 1.807) is 6.20 Å². The van der Waals surface area contributed by atoms with Crippen LogP contribution in [0.5, 0.6) is 0 Å². The lowest BCUT2D eigenvalue weighted by Gasteiger charge is -2.13. The minimum Gasteiger partial charge on any atom is -0.354 e. The van der Waals surface area contributed by atoms with Crippen LogP contribution in [0.1, 0.15) is 44.9 Å².